The quantitative estimate of drug-likeness (QED) is 0.328. The monoisotopic (exact) mass is 132 g/mol. The van der Waals surface area contributed by atoms with E-state index in [2.05, 4.69) is 23.2 Å². The summed E-state index contributed by atoms with van der Waals surface area (Å²) in [4.78, 5) is 0. The van der Waals surface area contributed by atoms with Crippen molar-refractivity contribution < 1.29 is 0 Å². The van der Waals surface area contributed by atoms with Crippen molar-refractivity contribution in [2.45, 2.75) is 0 Å². The van der Waals surface area contributed by atoms with Crippen LogP contribution in [-0.2, 0) is 0 Å². The lowest BCUT2D eigenvalue weighted by molar-refractivity contribution is 2.46. The van der Waals surface area contributed by atoms with Crippen LogP contribution in [0.3, 0.4) is 0 Å². The van der Waals surface area contributed by atoms with Gasteiger partial charge in [-0.05, 0) is 11.0 Å². The summed E-state index contributed by atoms with van der Waals surface area (Å²) in [6.07, 6.45) is 2.94. The van der Waals surface area contributed by atoms with Crippen LogP contribution in [0.2, 0.25) is 0 Å². The molecule has 0 heterocycles. The third kappa shape index (κ3) is 59.1. The summed E-state index contributed by atoms with van der Waals surface area (Å²) in [5.74, 6) is 0. The minimum Gasteiger partial charge on any atom is -0.130 e. The molecule has 0 aromatic carbocycles. The van der Waals surface area contributed by atoms with Gasteiger partial charge in [0.15, 0.2) is 0 Å². The highest BCUT2D eigenvalue weighted by molar-refractivity contribution is 6.15. The molecule has 3 heteroatoms. The normalized spacial score (nSPS) is 2.40. The van der Waals surface area contributed by atoms with Crippen LogP contribution in [0.1, 0.15) is 0 Å². The molecule has 0 rings (SSSR count). The Labute approximate surface area is 47.5 Å². The van der Waals surface area contributed by atoms with Crippen LogP contribution in [0.15, 0.2) is 0 Å². The predicted molar refractivity (Wildman–Crippen MR) is 34.9 cm³/mol. The molecule has 0 aliphatic rings. The van der Waals surface area contributed by atoms with E-state index >= 15 is 0 Å². The standard InChI is InChI=1S/2CH3Cl.H4Si/c2*1-2;/h2*1H3;1H4. The van der Waals surface area contributed by atoms with E-state index in [0.29, 0.717) is 0 Å². The summed E-state index contributed by atoms with van der Waals surface area (Å²) in [5.41, 5.74) is 0. The summed E-state index contributed by atoms with van der Waals surface area (Å²) < 4.78 is 0. The van der Waals surface area contributed by atoms with E-state index in [9.17, 15) is 0 Å². The van der Waals surface area contributed by atoms with Gasteiger partial charge in [-0.1, -0.05) is 0 Å². The van der Waals surface area contributed by atoms with Crippen LogP contribution in [0, 0.1) is 0 Å². The third-order valence-corrected chi connectivity index (χ3v) is 0. The fraction of sp³-hybridized carbons (Fsp3) is 1.00. The first-order chi connectivity index (χ1) is 2.00. The SMILES string of the molecule is CCl.CCl.[SiH4]. The fourth-order valence-electron chi connectivity index (χ4n) is 0. The molecule has 0 N–H and O–H groups in total. The molecule has 0 bridgehead atoms. The lowest BCUT2D eigenvalue weighted by Crippen LogP contribution is -0.852. The summed E-state index contributed by atoms with van der Waals surface area (Å²) in [6, 6.07) is 0. The lowest BCUT2D eigenvalue weighted by atomic mass is 12.0. The minimum atomic E-state index is 0. The Kier molecular flexibility index (Phi) is 371. The van der Waals surface area contributed by atoms with Gasteiger partial charge in [0.05, 0.1) is 0 Å². The number of alkyl halides is 2. The van der Waals surface area contributed by atoms with Crippen LogP contribution in [0.25, 0.3) is 0 Å². The van der Waals surface area contributed by atoms with Gasteiger partial charge in [0.25, 0.3) is 0 Å². The van der Waals surface area contributed by atoms with Gasteiger partial charge in [-0.2, -0.15) is 0 Å². The largest absolute Gasteiger partial charge is 0.130 e. The number of hydrogen-bond acceptors (Lipinski definition) is 0. The van der Waals surface area contributed by atoms with Gasteiger partial charge in [0, 0.05) is 12.8 Å². The van der Waals surface area contributed by atoms with Crippen molar-refractivity contribution in [1.29, 1.82) is 0 Å². The van der Waals surface area contributed by atoms with Crippen LogP contribution >= 0.6 is 23.2 Å². The van der Waals surface area contributed by atoms with E-state index < -0.39 is 0 Å². The molecule has 0 aromatic heterocycles. The molecule has 0 nitrogen and oxygen atoms in total. The first-order valence-corrected chi connectivity index (χ1v) is 2.27. The molecule has 0 radical (unpaired) electrons. The first-order valence-electron chi connectivity index (χ1n) is 0.756. The van der Waals surface area contributed by atoms with Gasteiger partial charge in [0.2, 0.25) is 0 Å². The second-order valence-electron chi connectivity index (χ2n) is 0. The lowest BCUT2D eigenvalue weighted by Gasteiger charge is -1.06. The van der Waals surface area contributed by atoms with Crippen molar-refractivity contribution in [3.05, 3.63) is 0 Å². The molecule has 0 amide bonds. The summed E-state index contributed by atoms with van der Waals surface area (Å²) in [6.45, 7) is 0. The maximum absolute atomic E-state index is 4.64. The van der Waals surface area contributed by atoms with Gasteiger partial charge in [-0.25, -0.2) is 0 Å². The Balaban J connectivity index is -0.0000000133. The van der Waals surface area contributed by atoms with E-state index in [0.717, 1.165) is 0 Å². The first kappa shape index (κ1) is 17.1. The summed E-state index contributed by atoms with van der Waals surface area (Å²) in [7, 11) is 0. The molecule has 0 aliphatic carbocycles. The van der Waals surface area contributed by atoms with Crippen molar-refractivity contribution in [3.63, 3.8) is 0 Å². The zero-order chi connectivity index (χ0) is 4.00. The number of rotatable bonds is 0. The topological polar surface area (TPSA) is 0 Å². The summed E-state index contributed by atoms with van der Waals surface area (Å²) >= 11 is 9.28. The maximum atomic E-state index is 4.64. The Morgan fingerprint density at radius 2 is 0.800 bits per heavy atom. The van der Waals surface area contributed by atoms with Crippen molar-refractivity contribution in [1.82, 2.24) is 0 Å². The average molecular weight is 133 g/mol. The Hall–Kier alpha value is 0.797. The second-order valence-corrected chi connectivity index (χ2v) is 0. The minimum absolute atomic E-state index is 0. The van der Waals surface area contributed by atoms with Crippen molar-refractivity contribution >= 4 is 34.2 Å². The molecule has 36 valence electrons. The van der Waals surface area contributed by atoms with Crippen molar-refractivity contribution in [2.24, 2.45) is 0 Å². The van der Waals surface area contributed by atoms with Crippen LogP contribution in [0.4, 0.5) is 0 Å². The molecule has 5 heavy (non-hydrogen) atoms. The highest BCUT2D eigenvalue weighted by Gasteiger charge is 0.945. The Morgan fingerprint density at radius 1 is 0.800 bits per heavy atom. The van der Waals surface area contributed by atoms with Crippen molar-refractivity contribution in [2.75, 3.05) is 12.8 Å². The van der Waals surface area contributed by atoms with Crippen LogP contribution < -0.4 is 0 Å². The maximum Gasteiger partial charge on any atom is 0.0108 e. The Bertz CT molecular complexity index is 7.61. The molecule has 0 spiro atoms. The molecule has 0 saturated carbocycles. The van der Waals surface area contributed by atoms with E-state index in [-0.39, 0.29) is 11.0 Å². The summed E-state index contributed by atoms with van der Waals surface area (Å²) in [5, 5.41) is 0. The van der Waals surface area contributed by atoms with Gasteiger partial charge in [-0.3, -0.25) is 0 Å². The average Bonchev–Trinajstić information content (AvgIpc) is 1.50. The molecular weight excluding hydrogens is 123 g/mol. The molecule has 0 aromatic rings. The van der Waals surface area contributed by atoms with Crippen LogP contribution in [0.5, 0.6) is 0 Å². The molecular formula is C2H10Cl2Si. The number of hydrogen-bond donors (Lipinski definition) is 0. The van der Waals surface area contributed by atoms with Gasteiger partial charge in [-0.15, -0.1) is 23.2 Å². The van der Waals surface area contributed by atoms with Gasteiger partial charge in [0.1, 0.15) is 0 Å². The van der Waals surface area contributed by atoms with Gasteiger partial charge >= 0.3 is 0 Å². The second kappa shape index (κ2) is 109. The highest BCUT2D eigenvalue weighted by atomic mass is 35.5. The molecule has 0 unspecified atom stereocenters. The molecule has 0 saturated heterocycles. The third-order valence-electron chi connectivity index (χ3n) is 0. The predicted octanol–water partition coefficient (Wildman–Crippen LogP) is 0.258. The zero-order valence-electron chi connectivity index (χ0n) is 2.76. The smallest absolute Gasteiger partial charge is 0.0108 e. The molecule has 0 atom stereocenters. The Morgan fingerprint density at radius 3 is 0.800 bits per heavy atom. The molecule has 0 aliphatic heterocycles. The fourth-order valence-corrected chi connectivity index (χ4v) is 0. The van der Waals surface area contributed by atoms with E-state index in [1.165, 1.54) is 12.8 Å². The zero-order valence-corrected chi connectivity index (χ0v) is 4.27. The van der Waals surface area contributed by atoms with Gasteiger partial charge < -0.3 is 0 Å². The van der Waals surface area contributed by atoms with E-state index in [4.69, 9.17) is 0 Å². The van der Waals surface area contributed by atoms with E-state index in [1.54, 1.807) is 0 Å². The highest BCUT2D eigenvalue weighted by Crippen LogP contribution is 1.34. The molecule has 0 fully saturated rings. The van der Waals surface area contributed by atoms with Crippen molar-refractivity contribution in [3.8, 4) is 0 Å². The number of halogens is 2. The van der Waals surface area contributed by atoms with E-state index in [1.807, 2.05) is 0 Å². The van der Waals surface area contributed by atoms with Crippen LogP contribution in [-0.4, -0.2) is 23.7 Å².